The highest BCUT2D eigenvalue weighted by atomic mass is 16.7. The molecule has 0 aliphatic heterocycles. The minimum absolute atomic E-state index is 0.253. The summed E-state index contributed by atoms with van der Waals surface area (Å²) in [6.45, 7) is 7.46. The fraction of sp³-hybridized carbons (Fsp3) is 0.452. The Labute approximate surface area is 210 Å². The lowest BCUT2D eigenvalue weighted by molar-refractivity contribution is 0.0496. The number of pyridine rings is 1. The number of aromatic nitrogens is 1. The van der Waals surface area contributed by atoms with Crippen LogP contribution < -0.4 is 9.47 Å². The molecule has 0 bridgehead atoms. The Morgan fingerprint density at radius 3 is 2.37 bits per heavy atom. The van der Waals surface area contributed by atoms with Gasteiger partial charge in [0.1, 0.15) is 18.1 Å². The third kappa shape index (κ3) is 6.24. The van der Waals surface area contributed by atoms with E-state index in [-0.39, 0.29) is 6.79 Å². The summed E-state index contributed by atoms with van der Waals surface area (Å²) in [5.74, 6) is 2.34. The normalized spacial score (nSPS) is 14.2. The second kappa shape index (κ2) is 12.2. The maximum atomic E-state index is 6.29. The van der Waals surface area contributed by atoms with Gasteiger partial charge in [-0.1, -0.05) is 56.5 Å². The molecule has 0 unspecified atom stereocenters. The highest BCUT2D eigenvalue weighted by Crippen LogP contribution is 2.37. The van der Waals surface area contributed by atoms with E-state index < -0.39 is 0 Å². The molecule has 186 valence electrons. The second-order valence-corrected chi connectivity index (χ2v) is 9.65. The van der Waals surface area contributed by atoms with Gasteiger partial charge >= 0.3 is 0 Å². The first-order valence-corrected chi connectivity index (χ1v) is 13.0. The molecule has 0 amide bonds. The van der Waals surface area contributed by atoms with Crippen molar-refractivity contribution in [2.45, 2.75) is 78.2 Å². The molecule has 0 N–H and O–H groups in total. The SMILES string of the molecule is CCc1c(OCc2ccccc2)cc(C)c(Cc2ccc(OCOC)c(C3CCCCC3)n2)c1C. The molecule has 1 aliphatic rings. The molecule has 1 heterocycles. The molecule has 1 saturated carbocycles. The quantitative estimate of drug-likeness (QED) is 0.287. The van der Waals surface area contributed by atoms with Crippen LogP contribution in [0.2, 0.25) is 0 Å². The molecular formula is C31H39NO3. The van der Waals surface area contributed by atoms with Crippen molar-refractivity contribution in [2.24, 2.45) is 0 Å². The average Bonchev–Trinajstić information content (AvgIpc) is 2.90. The molecule has 1 fully saturated rings. The summed E-state index contributed by atoms with van der Waals surface area (Å²) >= 11 is 0. The zero-order valence-corrected chi connectivity index (χ0v) is 21.7. The second-order valence-electron chi connectivity index (χ2n) is 9.65. The molecule has 0 atom stereocenters. The first-order chi connectivity index (χ1) is 17.1. The Bertz CT molecular complexity index is 1100. The van der Waals surface area contributed by atoms with Crippen molar-refractivity contribution in [3.63, 3.8) is 0 Å². The zero-order chi connectivity index (χ0) is 24.6. The Kier molecular flexibility index (Phi) is 8.81. The van der Waals surface area contributed by atoms with Crippen molar-refractivity contribution in [3.05, 3.63) is 87.7 Å². The van der Waals surface area contributed by atoms with E-state index in [1.165, 1.54) is 59.9 Å². The number of ether oxygens (including phenoxy) is 3. The summed E-state index contributed by atoms with van der Waals surface area (Å²) in [6.07, 6.45) is 7.98. The van der Waals surface area contributed by atoms with E-state index in [1.54, 1.807) is 7.11 Å². The van der Waals surface area contributed by atoms with Gasteiger partial charge in [0.05, 0.1) is 5.69 Å². The predicted molar refractivity (Wildman–Crippen MR) is 141 cm³/mol. The van der Waals surface area contributed by atoms with E-state index >= 15 is 0 Å². The summed E-state index contributed by atoms with van der Waals surface area (Å²) in [6, 6.07) is 16.8. The summed E-state index contributed by atoms with van der Waals surface area (Å²) in [5.41, 5.74) is 8.59. The fourth-order valence-corrected chi connectivity index (χ4v) is 5.31. The molecule has 1 aliphatic carbocycles. The number of aryl methyl sites for hydroxylation is 1. The Hall–Kier alpha value is -2.85. The van der Waals surface area contributed by atoms with Gasteiger partial charge in [0.2, 0.25) is 0 Å². The van der Waals surface area contributed by atoms with Crippen LogP contribution in [0.25, 0.3) is 0 Å². The van der Waals surface area contributed by atoms with Crippen LogP contribution in [0.15, 0.2) is 48.5 Å². The van der Waals surface area contributed by atoms with Gasteiger partial charge in [-0.25, -0.2) is 0 Å². The minimum Gasteiger partial charge on any atom is -0.489 e. The van der Waals surface area contributed by atoms with Crippen LogP contribution in [-0.4, -0.2) is 18.9 Å². The zero-order valence-electron chi connectivity index (χ0n) is 21.7. The summed E-state index contributed by atoms with van der Waals surface area (Å²) in [5, 5.41) is 0. The molecule has 4 nitrogen and oxygen atoms in total. The van der Waals surface area contributed by atoms with Crippen molar-refractivity contribution in [3.8, 4) is 11.5 Å². The molecule has 4 rings (SSSR count). The van der Waals surface area contributed by atoms with Crippen molar-refractivity contribution in [2.75, 3.05) is 13.9 Å². The molecule has 0 saturated heterocycles. The number of hydrogen-bond acceptors (Lipinski definition) is 4. The van der Waals surface area contributed by atoms with E-state index in [4.69, 9.17) is 19.2 Å². The maximum Gasteiger partial charge on any atom is 0.188 e. The lowest BCUT2D eigenvalue weighted by atomic mass is 9.86. The fourth-order valence-electron chi connectivity index (χ4n) is 5.31. The molecule has 2 aromatic carbocycles. The molecule has 1 aromatic heterocycles. The molecule has 4 heteroatoms. The van der Waals surface area contributed by atoms with Crippen LogP contribution in [0.1, 0.15) is 84.2 Å². The van der Waals surface area contributed by atoms with Crippen LogP contribution in [0.4, 0.5) is 0 Å². The van der Waals surface area contributed by atoms with Gasteiger partial charge < -0.3 is 14.2 Å². The minimum atomic E-state index is 0.253. The summed E-state index contributed by atoms with van der Waals surface area (Å²) in [7, 11) is 1.66. The predicted octanol–water partition coefficient (Wildman–Crippen LogP) is 7.46. The van der Waals surface area contributed by atoms with Crippen LogP contribution in [0.5, 0.6) is 11.5 Å². The third-order valence-corrected chi connectivity index (χ3v) is 7.24. The van der Waals surface area contributed by atoms with E-state index in [2.05, 4.69) is 63.2 Å². The van der Waals surface area contributed by atoms with Gasteiger partial charge in [-0.05, 0) is 79.1 Å². The standard InChI is InChI=1S/C31H39NO3/c1-5-27-23(3)28(22(2)18-30(27)34-20-24-12-8-6-9-13-24)19-26-16-17-29(35-21-33-4)31(32-26)25-14-10-7-11-15-25/h6,8-9,12-13,16-18,25H,5,7,10-11,14-15,19-21H2,1-4H3. The lowest BCUT2D eigenvalue weighted by Gasteiger charge is -2.24. The topological polar surface area (TPSA) is 40.6 Å². The third-order valence-electron chi connectivity index (χ3n) is 7.24. The van der Waals surface area contributed by atoms with E-state index in [9.17, 15) is 0 Å². The largest absolute Gasteiger partial charge is 0.489 e. The Balaban J connectivity index is 1.60. The maximum absolute atomic E-state index is 6.29. The smallest absolute Gasteiger partial charge is 0.188 e. The Morgan fingerprint density at radius 2 is 1.66 bits per heavy atom. The number of benzene rings is 2. The average molecular weight is 474 g/mol. The lowest BCUT2D eigenvalue weighted by Crippen LogP contribution is -2.12. The van der Waals surface area contributed by atoms with Crippen LogP contribution in [-0.2, 0) is 24.2 Å². The van der Waals surface area contributed by atoms with E-state index in [1.807, 2.05) is 6.07 Å². The summed E-state index contributed by atoms with van der Waals surface area (Å²) < 4.78 is 17.4. The van der Waals surface area contributed by atoms with Crippen LogP contribution in [0, 0.1) is 13.8 Å². The van der Waals surface area contributed by atoms with E-state index in [0.29, 0.717) is 12.5 Å². The van der Waals surface area contributed by atoms with Gasteiger partial charge in [-0.15, -0.1) is 0 Å². The molecular weight excluding hydrogens is 434 g/mol. The first kappa shape index (κ1) is 25.2. The number of nitrogens with zero attached hydrogens (tertiary/aromatic N) is 1. The van der Waals surface area contributed by atoms with Gasteiger partial charge in [-0.3, -0.25) is 4.98 Å². The van der Waals surface area contributed by atoms with Crippen molar-refractivity contribution in [1.29, 1.82) is 0 Å². The van der Waals surface area contributed by atoms with Crippen molar-refractivity contribution < 1.29 is 14.2 Å². The molecule has 0 spiro atoms. The Morgan fingerprint density at radius 1 is 0.886 bits per heavy atom. The molecule has 0 radical (unpaired) electrons. The van der Waals surface area contributed by atoms with Gasteiger partial charge in [0, 0.05) is 25.1 Å². The molecule has 35 heavy (non-hydrogen) atoms. The number of rotatable bonds is 10. The van der Waals surface area contributed by atoms with Crippen LogP contribution >= 0.6 is 0 Å². The summed E-state index contributed by atoms with van der Waals surface area (Å²) in [4.78, 5) is 5.17. The number of methoxy groups -OCH3 is 1. The van der Waals surface area contributed by atoms with Crippen molar-refractivity contribution in [1.82, 2.24) is 4.98 Å². The molecule has 3 aromatic rings. The monoisotopic (exact) mass is 473 g/mol. The number of hydrogen-bond donors (Lipinski definition) is 0. The van der Waals surface area contributed by atoms with Crippen LogP contribution in [0.3, 0.4) is 0 Å². The first-order valence-electron chi connectivity index (χ1n) is 13.0. The highest BCUT2D eigenvalue weighted by Gasteiger charge is 2.22. The highest BCUT2D eigenvalue weighted by molar-refractivity contribution is 5.50. The van der Waals surface area contributed by atoms with Gasteiger partial charge in [0.15, 0.2) is 6.79 Å². The van der Waals surface area contributed by atoms with Gasteiger partial charge in [-0.2, -0.15) is 0 Å². The van der Waals surface area contributed by atoms with Crippen molar-refractivity contribution >= 4 is 0 Å². The van der Waals surface area contributed by atoms with E-state index in [0.717, 1.165) is 35.7 Å². The van der Waals surface area contributed by atoms with Gasteiger partial charge in [0.25, 0.3) is 0 Å².